The third-order valence-corrected chi connectivity index (χ3v) is 5.30. The Morgan fingerprint density at radius 1 is 1.29 bits per heavy atom. The summed E-state index contributed by atoms with van der Waals surface area (Å²) in [6.45, 7) is 11.4. The molecule has 1 amide bonds. The van der Waals surface area contributed by atoms with Crippen molar-refractivity contribution in [2.75, 3.05) is 7.05 Å². The van der Waals surface area contributed by atoms with Crippen molar-refractivity contribution in [3.63, 3.8) is 0 Å². The third-order valence-electron chi connectivity index (χ3n) is 3.92. The average Bonchev–Trinajstić information content (AvgIpc) is 2.83. The molecule has 1 heterocycles. The van der Waals surface area contributed by atoms with Crippen molar-refractivity contribution in [3.05, 3.63) is 20.9 Å². The summed E-state index contributed by atoms with van der Waals surface area (Å²) in [5, 5.41) is 9.23. The van der Waals surface area contributed by atoms with Crippen molar-refractivity contribution < 1.29 is 19.4 Å². The average molecular weight is 356 g/mol. The molecule has 136 valence electrons. The van der Waals surface area contributed by atoms with E-state index in [9.17, 15) is 14.7 Å². The number of carboxylic acids is 1. The summed E-state index contributed by atoms with van der Waals surface area (Å²) in [6, 6.07) is 0.0531. The van der Waals surface area contributed by atoms with Gasteiger partial charge in [-0.3, -0.25) is 0 Å². The fourth-order valence-corrected chi connectivity index (χ4v) is 3.92. The number of carbonyl (C=O) groups is 2. The molecule has 24 heavy (non-hydrogen) atoms. The molecule has 5 nitrogen and oxygen atoms in total. The van der Waals surface area contributed by atoms with Gasteiger partial charge in [0.1, 0.15) is 10.5 Å². The highest BCUT2D eigenvalue weighted by Gasteiger charge is 2.31. The second-order valence-corrected chi connectivity index (χ2v) is 7.86. The lowest BCUT2D eigenvalue weighted by molar-refractivity contribution is 0.0210. The van der Waals surface area contributed by atoms with Crippen LogP contribution in [0.1, 0.15) is 66.7 Å². The number of ether oxygens (including phenoxy) is 1. The zero-order valence-electron chi connectivity index (χ0n) is 15.7. The van der Waals surface area contributed by atoms with Crippen molar-refractivity contribution in [3.8, 4) is 0 Å². The lowest BCUT2D eigenvalue weighted by Gasteiger charge is -2.33. The number of nitrogens with zero attached hydrogens (tertiary/aromatic N) is 1. The molecule has 0 aromatic carbocycles. The van der Waals surface area contributed by atoms with E-state index in [0.717, 1.165) is 28.8 Å². The van der Waals surface area contributed by atoms with Crippen LogP contribution in [-0.2, 0) is 17.6 Å². The number of carbonyl (C=O) groups excluding carboxylic acids is 1. The van der Waals surface area contributed by atoms with E-state index in [1.807, 2.05) is 41.5 Å². The highest BCUT2D eigenvalue weighted by molar-refractivity contribution is 7.14. The number of aromatic carboxylic acids is 1. The van der Waals surface area contributed by atoms with Gasteiger partial charge >= 0.3 is 12.1 Å². The molecule has 1 unspecified atom stereocenters. The Hall–Kier alpha value is -1.56. The summed E-state index contributed by atoms with van der Waals surface area (Å²) in [4.78, 5) is 26.6. The number of likely N-dealkylation sites (N-methyl/N-ethyl adjacent to an activating group) is 1. The minimum Gasteiger partial charge on any atom is -0.477 e. The fourth-order valence-electron chi connectivity index (χ4n) is 2.73. The molecule has 0 aliphatic heterocycles. The zero-order valence-corrected chi connectivity index (χ0v) is 16.5. The molecule has 0 saturated heterocycles. The highest BCUT2D eigenvalue weighted by Crippen LogP contribution is 2.35. The molecule has 6 heteroatoms. The van der Waals surface area contributed by atoms with Crippen LogP contribution in [0.5, 0.6) is 0 Å². The van der Waals surface area contributed by atoms with E-state index in [1.54, 1.807) is 11.9 Å². The van der Waals surface area contributed by atoms with Gasteiger partial charge in [0, 0.05) is 18.0 Å². The maximum absolute atomic E-state index is 12.2. The summed E-state index contributed by atoms with van der Waals surface area (Å²) in [5.74, 6) is -0.867. The maximum atomic E-state index is 12.2. The third kappa shape index (κ3) is 4.72. The molecule has 1 aliphatic carbocycles. The predicted molar refractivity (Wildman–Crippen MR) is 97.2 cm³/mol. The largest absolute Gasteiger partial charge is 0.477 e. The standard InChI is InChI=1S/C16H23NO4S.C2H6/c1-9-11-8-10(17(5)15(20)21-16(2,3)4)6-7-12(11)22-13(9)14(18)19;1-2/h10H,6-8H2,1-5H3,(H,18,19);1-2H3. The fraction of sp³-hybridized carbons (Fsp3) is 0.667. The molecule has 0 saturated carbocycles. The molecular weight excluding hydrogens is 326 g/mol. The lowest BCUT2D eigenvalue weighted by Crippen LogP contribution is -2.43. The quantitative estimate of drug-likeness (QED) is 0.848. The maximum Gasteiger partial charge on any atom is 0.410 e. The molecule has 1 aliphatic rings. The number of hydrogen-bond acceptors (Lipinski definition) is 4. The number of hydrogen-bond donors (Lipinski definition) is 1. The van der Waals surface area contributed by atoms with Crippen LogP contribution >= 0.6 is 11.3 Å². The van der Waals surface area contributed by atoms with Crippen LogP contribution in [0.4, 0.5) is 4.79 Å². The Morgan fingerprint density at radius 2 is 1.88 bits per heavy atom. The number of aryl methyl sites for hydroxylation is 1. The van der Waals surface area contributed by atoms with E-state index in [1.165, 1.54) is 11.3 Å². The van der Waals surface area contributed by atoms with Gasteiger partial charge in [-0.15, -0.1) is 11.3 Å². The van der Waals surface area contributed by atoms with Gasteiger partial charge in [-0.05, 0) is 58.1 Å². The van der Waals surface area contributed by atoms with Gasteiger partial charge in [0.25, 0.3) is 0 Å². The van der Waals surface area contributed by atoms with Gasteiger partial charge in [-0.25, -0.2) is 9.59 Å². The first-order chi connectivity index (χ1) is 11.1. The molecule has 1 atom stereocenters. The van der Waals surface area contributed by atoms with Crippen molar-refractivity contribution in [1.29, 1.82) is 0 Å². The van der Waals surface area contributed by atoms with E-state index >= 15 is 0 Å². The molecule has 0 radical (unpaired) electrons. The second kappa shape index (κ2) is 8.01. The first kappa shape index (κ1) is 20.5. The van der Waals surface area contributed by atoms with Crippen LogP contribution in [-0.4, -0.2) is 40.8 Å². The molecule has 1 aromatic rings. The number of carboxylic acid groups (broad SMARTS) is 1. The van der Waals surface area contributed by atoms with Gasteiger partial charge in [-0.1, -0.05) is 13.8 Å². The van der Waals surface area contributed by atoms with Crippen LogP contribution in [0.2, 0.25) is 0 Å². The summed E-state index contributed by atoms with van der Waals surface area (Å²) in [5.41, 5.74) is 1.42. The minimum absolute atomic E-state index is 0.0531. The number of fused-ring (bicyclic) bond motifs is 1. The van der Waals surface area contributed by atoms with Gasteiger partial charge in [0.15, 0.2) is 0 Å². The van der Waals surface area contributed by atoms with E-state index < -0.39 is 11.6 Å². The predicted octanol–water partition coefficient (Wildman–Crippen LogP) is 4.51. The monoisotopic (exact) mass is 355 g/mol. The summed E-state index contributed by atoms with van der Waals surface area (Å²) in [6.07, 6.45) is 2.02. The Kier molecular flexibility index (Phi) is 6.84. The lowest BCUT2D eigenvalue weighted by atomic mass is 9.91. The van der Waals surface area contributed by atoms with Crippen molar-refractivity contribution >= 4 is 23.4 Å². The van der Waals surface area contributed by atoms with Crippen LogP contribution < -0.4 is 0 Å². The molecular formula is C18H29NO4S. The molecule has 1 aromatic heterocycles. The van der Waals surface area contributed by atoms with Crippen LogP contribution in [0.25, 0.3) is 0 Å². The zero-order chi connectivity index (χ0) is 18.7. The Balaban J connectivity index is 0.00000139. The van der Waals surface area contributed by atoms with Crippen molar-refractivity contribution in [2.24, 2.45) is 0 Å². The molecule has 0 spiro atoms. The van der Waals surface area contributed by atoms with E-state index in [-0.39, 0.29) is 12.1 Å². The first-order valence-electron chi connectivity index (χ1n) is 8.40. The molecule has 1 N–H and O–H groups in total. The van der Waals surface area contributed by atoms with E-state index in [2.05, 4.69) is 0 Å². The van der Waals surface area contributed by atoms with Crippen molar-refractivity contribution in [2.45, 2.75) is 72.4 Å². The Morgan fingerprint density at radius 3 is 2.38 bits per heavy atom. The van der Waals surface area contributed by atoms with Crippen molar-refractivity contribution in [1.82, 2.24) is 4.90 Å². The van der Waals surface area contributed by atoms with E-state index in [0.29, 0.717) is 11.3 Å². The van der Waals surface area contributed by atoms with E-state index in [4.69, 9.17) is 4.74 Å². The first-order valence-corrected chi connectivity index (χ1v) is 9.22. The number of amides is 1. The van der Waals surface area contributed by atoms with Gasteiger partial charge < -0.3 is 14.7 Å². The normalized spacial score (nSPS) is 16.5. The molecule has 0 fully saturated rings. The smallest absolute Gasteiger partial charge is 0.410 e. The number of thiophene rings is 1. The Labute approximate surface area is 148 Å². The van der Waals surface area contributed by atoms with Gasteiger partial charge in [0.2, 0.25) is 0 Å². The highest BCUT2D eigenvalue weighted by atomic mass is 32.1. The number of rotatable bonds is 2. The summed E-state index contributed by atoms with van der Waals surface area (Å²) >= 11 is 1.37. The molecule has 0 bridgehead atoms. The SMILES string of the molecule is CC.Cc1c(C(=O)O)sc2c1CC(N(C)C(=O)OC(C)(C)C)CC2. The molecule has 2 rings (SSSR count). The van der Waals surface area contributed by atoms with Crippen LogP contribution in [0.15, 0.2) is 0 Å². The minimum atomic E-state index is -0.867. The topological polar surface area (TPSA) is 66.8 Å². The summed E-state index contributed by atoms with van der Waals surface area (Å²) < 4.78 is 5.41. The van der Waals surface area contributed by atoms with Gasteiger partial charge in [0.05, 0.1) is 0 Å². The summed E-state index contributed by atoms with van der Waals surface area (Å²) in [7, 11) is 1.75. The van der Waals surface area contributed by atoms with Gasteiger partial charge in [-0.2, -0.15) is 0 Å². The van der Waals surface area contributed by atoms with Crippen LogP contribution in [0.3, 0.4) is 0 Å². The van der Waals surface area contributed by atoms with Crippen LogP contribution in [0, 0.1) is 6.92 Å². The Bertz CT molecular complexity index is 601. The second-order valence-electron chi connectivity index (χ2n) is 6.75.